The summed E-state index contributed by atoms with van der Waals surface area (Å²) >= 11 is 0. The molecular weight excluding hydrogens is 1650 g/mol. The van der Waals surface area contributed by atoms with Crippen molar-refractivity contribution in [3.63, 3.8) is 0 Å². The number of carbonyl (C=O) groups is 2. The van der Waals surface area contributed by atoms with Crippen LogP contribution in [0.25, 0.3) is 0 Å². The third kappa shape index (κ3) is 39.8. The predicted octanol–water partition coefficient (Wildman–Crippen LogP) is 30.6. The van der Waals surface area contributed by atoms with Gasteiger partial charge in [0.25, 0.3) is 0 Å². The molecule has 0 bridgehead atoms. The molecular formula is C114H218N2O12Si2. The molecule has 764 valence electrons. The Morgan fingerprint density at radius 1 is 0.346 bits per heavy atom. The van der Waals surface area contributed by atoms with E-state index >= 15 is 0 Å². The molecule has 2 N–H and O–H groups in total. The molecule has 14 nitrogen and oxygen atoms in total. The second-order valence-electron chi connectivity index (χ2n) is 47.1. The Hall–Kier alpha value is -1.03. The molecule has 12 unspecified atom stereocenters. The summed E-state index contributed by atoms with van der Waals surface area (Å²) in [4.78, 5) is 31.2. The number of carbonyl (C=O) groups excluding carboxylic acids is 2. The first-order chi connectivity index (χ1) is 62.8. The lowest BCUT2D eigenvalue weighted by atomic mass is 9.44. The molecule has 16 heteroatoms. The van der Waals surface area contributed by atoms with Gasteiger partial charge in [0.1, 0.15) is 12.6 Å². The van der Waals surface area contributed by atoms with Crippen molar-refractivity contribution in [1.29, 1.82) is 0 Å². The van der Waals surface area contributed by atoms with Gasteiger partial charge in [0.15, 0.2) is 16.6 Å². The minimum atomic E-state index is -1.80. The largest absolute Gasteiger partial charge is 0.466 e. The number of esters is 2. The zero-order chi connectivity index (χ0) is 93.9. The summed E-state index contributed by atoms with van der Waals surface area (Å²) in [5.41, 5.74) is 1.90. The van der Waals surface area contributed by atoms with Crippen LogP contribution in [0.3, 0.4) is 0 Å². The molecule has 0 aromatic heterocycles. The van der Waals surface area contributed by atoms with Gasteiger partial charge in [0.2, 0.25) is 0 Å². The monoisotopic (exact) mass is 1860 g/mol. The van der Waals surface area contributed by atoms with Gasteiger partial charge in [-0.2, -0.15) is 0 Å². The van der Waals surface area contributed by atoms with Crippen LogP contribution in [-0.4, -0.2) is 167 Å². The van der Waals surface area contributed by atoms with E-state index < -0.39 is 16.6 Å². The number of aliphatic hydroxyl groups is 2. The second kappa shape index (κ2) is 64.4. The number of methoxy groups -OCH3 is 2. The van der Waals surface area contributed by atoms with Crippen LogP contribution in [0, 0.1) is 92.7 Å². The lowest BCUT2D eigenvalue weighted by Gasteiger charge is -2.61. The summed E-state index contributed by atoms with van der Waals surface area (Å²) in [5, 5.41) is 18.9. The van der Waals surface area contributed by atoms with Gasteiger partial charge in [-0.05, 0) is 401 Å². The molecule has 0 radical (unpaired) electrons. The van der Waals surface area contributed by atoms with Crippen molar-refractivity contribution in [2.75, 3.05) is 93.1 Å². The Bertz CT molecular complexity index is 2690. The van der Waals surface area contributed by atoms with E-state index in [9.17, 15) is 19.8 Å². The molecule has 8 saturated carbocycles. The summed E-state index contributed by atoms with van der Waals surface area (Å²) in [7, 11) is 0.233. The van der Waals surface area contributed by atoms with Crippen LogP contribution in [0.15, 0.2) is 0 Å². The molecule has 0 amide bonds. The van der Waals surface area contributed by atoms with E-state index in [4.69, 9.17) is 37.3 Å². The number of hydrogen-bond donors (Lipinski definition) is 2. The normalized spacial score (nSPS) is 28.8. The van der Waals surface area contributed by atoms with Gasteiger partial charge in [-0.3, -0.25) is 9.59 Å². The van der Waals surface area contributed by atoms with Gasteiger partial charge in [0, 0.05) is 53.5 Å². The Morgan fingerprint density at radius 2 is 0.654 bits per heavy atom. The number of hydrogen-bond acceptors (Lipinski definition) is 14. The Morgan fingerprint density at radius 3 is 1.02 bits per heavy atom. The molecule has 8 aliphatic rings. The molecule has 0 aromatic rings. The van der Waals surface area contributed by atoms with Crippen LogP contribution < -0.4 is 0 Å². The number of rotatable bonds is 74. The van der Waals surface area contributed by atoms with Crippen molar-refractivity contribution in [1.82, 2.24) is 9.80 Å². The quantitative estimate of drug-likeness (QED) is 0.0257. The average Bonchev–Trinajstić information content (AvgIpc) is 1.46. The second-order valence-corrected chi connectivity index (χ2v) is 55.6. The topological polar surface area (TPSA) is 155 Å². The van der Waals surface area contributed by atoms with Gasteiger partial charge in [0.05, 0.1) is 25.4 Å². The van der Waals surface area contributed by atoms with Gasteiger partial charge in [-0.1, -0.05) is 223 Å². The first-order valence-electron chi connectivity index (χ1n) is 57.4. The van der Waals surface area contributed by atoms with Crippen molar-refractivity contribution in [3.05, 3.63) is 0 Å². The molecule has 0 saturated heterocycles. The molecule has 8 fully saturated rings. The maximum Gasteiger partial charge on any atom is 0.305 e. The highest BCUT2D eigenvalue weighted by Crippen LogP contribution is 2.71. The van der Waals surface area contributed by atoms with Gasteiger partial charge in [-0.15, -0.1) is 0 Å². The summed E-state index contributed by atoms with van der Waals surface area (Å²) in [6, 6.07) is 2.41. The SMILES string of the molecule is CCCCCCCCOC(CCCCCCC)O[Si](C)(C)CCCCCCN(CCCCO)CCCCOC(=O)CC[C@@H](C)C1CCC2C3CCC4C[C@H](OC)CC[C@]4(C)C3CC[C@@]21C.CCCCCCCCOC(CCCCCCC)O[Si](C)(C)CCCCCCN(CCCCO)CCCCOC(=O)CC[C@@H](C)C1CCC2C3CCC4C[C@H](OC)CC[C@]4(C)C3CC[C@@]21C. The molecule has 20 atom stereocenters. The molecule has 8 aliphatic carbocycles. The Kier molecular flexibility index (Phi) is 57.4. The highest BCUT2D eigenvalue weighted by atomic mass is 28.4. The minimum absolute atomic E-state index is 0.00762. The molecule has 0 spiro atoms. The fourth-order valence-corrected chi connectivity index (χ4v) is 32.8. The number of ether oxygens (including phenoxy) is 6. The summed E-state index contributed by atoms with van der Waals surface area (Å²) in [5.74, 6) is 9.69. The number of nitrogens with zero attached hydrogens (tertiary/aromatic N) is 2. The number of fused-ring (bicyclic) bond motifs is 10. The minimum Gasteiger partial charge on any atom is -0.466 e. The van der Waals surface area contributed by atoms with Crippen LogP contribution in [0.1, 0.15) is 467 Å². The van der Waals surface area contributed by atoms with Crippen molar-refractivity contribution >= 4 is 28.6 Å². The maximum atomic E-state index is 13.0. The Balaban J connectivity index is 0.000000356. The zero-order valence-corrected chi connectivity index (χ0v) is 90.8. The van der Waals surface area contributed by atoms with Crippen molar-refractivity contribution in [3.8, 4) is 0 Å². The Labute approximate surface area is 806 Å². The highest BCUT2D eigenvalue weighted by molar-refractivity contribution is 6.71. The van der Waals surface area contributed by atoms with Crippen LogP contribution >= 0.6 is 0 Å². The van der Waals surface area contributed by atoms with Gasteiger partial charge < -0.3 is 57.3 Å². The highest BCUT2D eigenvalue weighted by Gasteiger charge is 2.63. The fourth-order valence-electron chi connectivity index (χ4n) is 28.6. The van der Waals surface area contributed by atoms with E-state index in [-0.39, 0.29) is 37.7 Å². The first-order valence-corrected chi connectivity index (χ1v) is 63.7. The lowest BCUT2D eigenvalue weighted by Crippen LogP contribution is -2.54. The van der Waals surface area contributed by atoms with E-state index in [0.29, 0.717) is 71.8 Å². The van der Waals surface area contributed by atoms with Crippen LogP contribution in [0.2, 0.25) is 38.3 Å². The van der Waals surface area contributed by atoms with Gasteiger partial charge in [-0.25, -0.2) is 0 Å². The van der Waals surface area contributed by atoms with E-state index in [1.807, 2.05) is 14.2 Å². The predicted molar refractivity (Wildman–Crippen MR) is 551 cm³/mol. The molecule has 0 aromatic carbocycles. The standard InChI is InChI=1S/2C57H109NO6Si/c2*1-9-11-13-15-18-25-44-63-55(28-20-16-14-12-10-2)64-65(7,8)45-27-19-17-21-39-58(40-22-24-42-59)41-23-26-43-62-54(60)34-29-47(3)51-32-33-52-50-31-30-48-46-49(61-6)35-37-56(48,4)53(50)36-38-57(51,52)5/h2*47-53,55,59H,9-46H2,1-8H3/t2*47-,48?,49-,50?,51?,52?,53?,55?,56+,57-/m11/s1. The van der Waals surface area contributed by atoms with Crippen LogP contribution in [0.5, 0.6) is 0 Å². The molecule has 0 heterocycles. The zero-order valence-electron chi connectivity index (χ0n) is 88.8. The van der Waals surface area contributed by atoms with Crippen LogP contribution in [0.4, 0.5) is 0 Å². The van der Waals surface area contributed by atoms with Crippen LogP contribution in [-0.2, 0) is 46.9 Å². The third-order valence-corrected chi connectivity index (χ3v) is 41.6. The third-order valence-electron chi connectivity index (χ3n) is 36.7. The lowest BCUT2D eigenvalue weighted by molar-refractivity contribution is -0.145. The van der Waals surface area contributed by atoms with E-state index in [2.05, 4.69) is 105 Å². The summed E-state index contributed by atoms with van der Waals surface area (Å²) in [6.07, 6.45) is 76.8. The molecule has 0 aliphatic heterocycles. The van der Waals surface area contributed by atoms with Crippen molar-refractivity contribution in [2.45, 2.75) is 530 Å². The summed E-state index contributed by atoms with van der Waals surface area (Å²) < 4.78 is 49.9. The molecule has 8 rings (SSSR count). The van der Waals surface area contributed by atoms with Crippen molar-refractivity contribution in [2.24, 2.45) is 92.7 Å². The smallest absolute Gasteiger partial charge is 0.305 e. The number of aliphatic hydroxyl groups excluding tert-OH is 2. The van der Waals surface area contributed by atoms with E-state index in [1.165, 1.54) is 307 Å². The summed E-state index contributed by atoms with van der Waals surface area (Å²) in [6.45, 7) is 44.0. The average molecular weight is 1870 g/mol. The first kappa shape index (κ1) is 116. The maximum absolute atomic E-state index is 13.0. The van der Waals surface area contributed by atoms with Crippen molar-refractivity contribution < 1.29 is 57.1 Å². The fraction of sp³-hybridized carbons (Fsp3) is 0.982. The molecule has 130 heavy (non-hydrogen) atoms. The number of unbranched alkanes of at least 4 members (excludes halogenated alkanes) is 28. The van der Waals surface area contributed by atoms with E-state index in [1.54, 1.807) is 0 Å². The van der Waals surface area contributed by atoms with E-state index in [0.717, 1.165) is 202 Å². The van der Waals surface area contributed by atoms with Gasteiger partial charge >= 0.3 is 11.9 Å².